The Morgan fingerprint density at radius 3 is 2.35 bits per heavy atom. The van der Waals surface area contributed by atoms with Crippen LogP contribution in [0, 0.1) is 27.7 Å². The third-order valence-electron chi connectivity index (χ3n) is 6.81. The summed E-state index contributed by atoms with van der Waals surface area (Å²) < 4.78 is 45.5. The molecule has 0 unspecified atom stereocenters. The zero-order valence-corrected chi connectivity index (χ0v) is 20.3. The van der Waals surface area contributed by atoms with Gasteiger partial charge >= 0.3 is 6.18 Å². The molecule has 0 aliphatic heterocycles. The molecule has 4 rings (SSSR count). The number of nitrogens with one attached hydrogen (secondary N) is 1. The van der Waals surface area contributed by atoms with Crippen molar-refractivity contribution in [2.24, 2.45) is 7.05 Å². The molecule has 0 bridgehead atoms. The summed E-state index contributed by atoms with van der Waals surface area (Å²) in [6, 6.07) is -0.840. The highest BCUT2D eigenvalue weighted by molar-refractivity contribution is 5.94. The predicted octanol–water partition coefficient (Wildman–Crippen LogP) is 4.19. The highest BCUT2D eigenvalue weighted by Gasteiger charge is 2.41. The summed E-state index contributed by atoms with van der Waals surface area (Å²) in [5.41, 5.74) is 4.86. The molecule has 1 amide bonds. The van der Waals surface area contributed by atoms with Gasteiger partial charge in [-0.05, 0) is 53.4 Å². The number of alkyl halides is 3. The van der Waals surface area contributed by atoms with E-state index in [9.17, 15) is 18.0 Å². The Balaban J connectivity index is 1.62. The Kier molecular flexibility index (Phi) is 6.07. The lowest BCUT2D eigenvalue weighted by atomic mass is 10.1. The molecule has 3 aromatic rings. The number of rotatable bonds is 6. The van der Waals surface area contributed by atoms with Crippen LogP contribution in [-0.4, -0.2) is 35.2 Å². The second kappa shape index (κ2) is 8.59. The fourth-order valence-electron chi connectivity index (χ4n) is 4.85. The van der Waals surface area contributed by atoms with Crippen LogP contribution in [0.3, 0.4) is 0 Å². The smallest absolute Gasteiger partial charge is 0.321 e. The van der Waals surface area contributed by atoms with Gasteiger partial charge in [-0.15, -0.1) is 0 Å². The number of carbonyl (C=O) groups is 1. The molecular weight excluding hydrogens is 447 g/mol. The van der Waals surface area contributed by atoms with Crippen molar-refractivity contribution in [2.45, 2.75) is 79.1 Å². The van der Waals surface area contributed by atoms with Gasteiger partial charge < -0.3 is 5.32 Å². The van der Waals surface area contributed by atoms with Crippen LogP contribution in [0.2, 0.25) is 0 Å². The van der Waals surface area contributed by atoms with E-state index in [1.165, 1.54) is 4.68 Å². The van der Waals surface area contributed by atoms with E-state index < -0.39 is 23.8 Å². The SMILES string of the molecule is CC[C@H](C(=O)Nc1c(C)nn(Cc2c(C)nn(C)c2C)c1C)n1nc(C(F)(F)F)c2c1CCC2. The first-order chi connectivity index (χ1) is 15.9. The Labute approximate surface area is 196 Å². The van der Waals surface area contributed by atoms with E-state index in [0.717, 1.165) is 22.6 Å². The van der Waals surface area contributed by atoms with Crippen LogP contribution in [0.1, 0.15) is 71.1 Å². The molecule has 8 nitrogen and oxygen atoms in total. The van der Waals surface area contributed by atoms with E-state index in [4.69, 9.17) is 0 Å². The van der Waals surface area contributed by atoms with Crippen molar-refractivity contribution in [1.82, 2.24) is 29.3 Å². The normalized spacial score (nSPS) is 14.5. The van der Waals surface area contributed by atoms with Gasteiger partial charge in [0.15, 0.2) is 5.69 Å². The largest absolute Gasteiger partial charge is 0.435 e. The van der Waals surface area contributed by atoms with Gasteiger partial charge in [0, 0.05) is 29.6 Å². The Morgan fingerprint density at radius 1 is 1.06 bits per heavy atom. The Bertz CT molecular complexity index is 1250. The van der Waals surface area contributed by atoms with Gasteiger partial charge in [-0.25, -0.2) is 0 Å². The molecule has 1 aliphatic carbocycles. The molecule has 0 spiro atoms. The number of aromatic nitrogens is 6. The molecule has 1 aliphatic rings. The summed E-state index contributed by atoms with van der Waals surface area (Å²) in [5.74, 6) is -0.395. The van der Waals surface area contributed by atoms with Crippen molar-refractivity contribution in [1.29, 1.82) is 0 Å². The average molecular weight is 478 g/mol. The van der Waals surface area contributed by atoms with E-state index >= 15 is 0 Å². The first kappa shape index (κ1) is 24.0. The van der Waals surface area contributed by atoms with Crippen LogP contribution in [0.15, 0.2) is 0 Å². The van der Waals surface area contributed by atoms with Gasteiger partial charge in [0.1, 0.15) is 6.04 Å². The summed E-state index contributed by atoms with van der Waals surface area (Å²) >= 11 is 0. The molecular formula is C23H30F3N7O. The molecule has 1 atom stereocenters. The van der Waals surface area contributed by atoms with Gasteiger partial charge in [-0.2, -0.15) is 28.5 Å². The molecule has 184 valence electrons. The number of nitrogens with zero attached hydrogens (tertiary/aromatic N) is 6. The van der Waals surface area contributed by atoms with Gasteiger partial charge in [0.05, 0.1) is 29.3 Å². The average Bonchev–Trinajstić information content (AvgIpc) is 3.47. The zero-order chi connectivity index (χ0) is 24.9. The van der Waals surface area contributed by atoms with Gasteiger partial charge in [0.25, 0.3) is 0 Å². The highest BCUT2D eigenvalue weighted by Crippen LogP contribution is 2.38. The van der Waals surface area contributed by atoms with E-state index in [-0.39, 0.29) is 5.56 Å². The third-order valence-corrected chi connectivity index (χ3v) is 6.81. The van der Waals surface area contributed by atoms with Crippen molar-refractivity contribution in [3.8, 4) is 0 Å². The minimum Gasteiger partial charge on any atom is -0.321 e. The van der Waals surface area contributed by atoms with Crippen molar-refractivity contribution in [3.63, 3.8) is 0 Å². The van der Waals surface area contributed by atoms with Gasteiger partial charge in [-0.1, -0.05) is 6.92 Å². The maximum atomic E-state index is 13.5. The van der Waals surface area contributed by atoms with Crippen LogP contribution >= 0.6 is 0 Å². The van der Waals surface area contributed by atoms with Gasteiger partial charge in [0.2, 0.25) is 5.91 Å². The molecule has 3 heterocycles. The summed E-state index contributed by atoms with van der Waals surface area (Å²) in [5, 5.41) is 15.8. The topological polar surface area (TPSA) is 82.6 Å². The molecule has 0 saturated carbocycles. The van der Waals surface area contributed by atoms with Crippen LogP contribution in [0.5, 0.6) is 0 Å². The fraction of sp³-hybridized carbons (Fsp3) is 0.565. The van der Waals surface area contributed by atoms with Crippen LogP contribution in [0.4, 0.5) is 18.9 Å². The highest BCUT2D eigenvalue weighted by atomic mass is 19.4. The lowest BCUT2D eigenvalue weighted by Crippen LogP contribution is -2.28. The first-order valence-corrected chi connectivity index (χ1v) is 11.4. The van der Waals surface area contributed by atoms with E-state index in [1.54, 1.807) is 13.8 Å². The van der Waals surface area contributed by atoms with Crippen LogP contribution < -0.4 is 5.32 Å². The maximum absolute atomic E-state index is 13.5. The van der Waals surface area contributed by atoms with Crippen LogP contribution in [0.25, 0.3) is 0 Å². The molecule has 0 aromatic carbocycles. The lowest BCUT2D eigenvalue weighted by Gasteiger charge is -2.18. The molecule has 11 heteroatoms. The monoisotopic (exact) mass is 477 g/mol. The van der Waals surface area contributed by atoms with Crippen molar-refractivity contribution in [2.75, 3.05) is 5.32 Å². The fourth-order valence-corrected chi connectivity index (χ4v) is 4.85. The molecule has 34 heavy (non-hydrogen) atoms. The summed E-state index contributed by atoms with van der Waals surface area (Å²) in [6.45, 7) is 9.89. The number of carbonyl (C=O) groups excluding carboxylic acids is 1. The first-order valence-electron chi connectivity index (χ1n) is 11.4. The second-order valence-electron chi connectivity index (χ2n) is 8.96. The van der Waals surface area contributed by atoms with E-state index in [1.807, 2.05) is 37.2 Å². The molecule has 3 aromatic heterocycles. The summed E-state index contributed by atoms with van der Waals surface area (Å²) in [6.07, 6.45) is -2.77. The standard InChI is InChI=1S/C23H30F3N7O/c1-7-18(33-19-10-8-9-16(19)21(30-33)23(24,25)26)22(34)27-20-13(3)29-32(15(20)5)11-17-12(2)28-31(6)14(17)4/h18H,7-11H2,1-6H3,(H,27,34)/t18-/m1/s1. The third kappa shape index (κ3) is 4.01. The number of hydrogen-bond acceptors (Lipinski definition) is 4. The Hall–Kier alpha value is -3.11. The number of amides is 1. The lowest BCUT2D eigenvalue weighted by molar-refractivity contribution is -0.142. The molecule has 1 N–H and O–H groups in total. The van der Waals surface area contributed by atoms with Crippen molar-refractivity contribution >= 4 is 11.6 Å². The summed E-state index contributed by atoms with van der Waals surface area (Å²) in [7, 11) is 1.89. The van der Waals surface area contributed by atoms with Crippen molar-refractivity contribution < 1.29 is 18.0 Å². The minimum absolute atomic E-state index is 0.223. The predicted molar refractivity (Wildman–Crippen MR) is 121 cm³/mol. The van der Waals surface area contributed by atoms with Gasteiger partial charge in [-0.3, -0.25) is 18.8 Å². The minimum atomic E-state index is -4.54. The van der Waals surface area contributed by atoms with E-state index in [0.29, 0.717) is 49.3 Å². The molecule has 0 fully saturated rings. The molecule has 0 radical (unpaired) electrons. The number of hydrogen-bond donors (Lipinski definition) is 1. The number of fused-ring (bicyclic) bond motifs is 1. The second-order valence-corrected chi connectivity index (χ2v) is 8.96. The maximum Gasteiger partial charge on any atom is 0.435 e. The number of aryl methyl sites for hydroxylation is 3. The quantitative estimate of drug-likeness (QED) is 0.577. The van der Waals surface area contributed by atoms with Crippen LogP contribution in [-0.2, 0) is 37.4 Å². The number of halogens is 3. The summed E-state index contributed by atoms with van der Waals surface area (Å²) in [4.78, 5) is 13.3. The molecule has 0 saturated heterocycles. The Morgan fingerprint density at radius 2 is 1.76 bits per heavy atom. The van der Waals surface area contributed by atoms with Crippen molar-refractivity contribution in [3.05, 3.63) is 45.3 Å². The number of anilines is 1. The van der Waals surface area contributed by atoms with E-state index in [2.05, 4.69) is 20.6 Å². The zero-order valence-electron chi connectivity index (χ0n) is 20.3.